The Labute approximate surface area is 101 Å². The maximum atomic E-state index is 12.6. The van der Waals surface area contributed by atoms with Crippen molar-refractivity contribution >= 4 is 11.7 Å². The number of carbonyl (C=O) groups excluding carboxylic acids is 1. The number of halogens is 1. The molecule has 0 saturated carbocycles. The van der Waals surface area contributed by atoms with Gasteiger partial charge < -0.3 is 10.6 Å². The molecule has 1 amide bonds. The highest BCUT2D eigenvalue weighted by atomic mass is 19.1. The lowest BCUT2D eigenvalue weighted by atomic mass is 9.96. The molecule has 0 unspecified atom stereocenters. The van der Waals surface area contributed by atoms with Crippen molar-refractivity contribution in [3.05, 3.63) is 24.1 Å². The lowest BCUT2D eigenvalue weighted by Gasteiger charge is -2.17. The number of amides is 1. The topological polar surface area (TPSA) is 54.0 Å². The van der Waals surface area contributed by atoms with Gasteiger partial charge in [-0.3, -0.25) is 4.79 Å². The van der Waals surface area contributed by atoms with E-state index in [2.05, 4.69) is 15.6 Å². The van der Waals surface area contributed by atoms with Crippen LogP contribution in [0.3, 0.4) is 0 Å². The van der Waals surface area contributed by atoms with Crippen LogP contribution >= 0.6 is 0 Å². The van der Waals surface area contributed by atoms with Crippen LogP contribution in [0.1, 0.15) is 20.8 Å². The fourth-order valence-corrected chi connectivity index (χ4v) is 1.11. The highest BCUT2D eigenvalue weighted by molar-refractivity contribution is 5.81. The van der Waals surface area contributed by atoms with Crippen molar-refractivity contribution in [2.75, 3.05) is 18.4 Å². The molecule has 17 heavy (non-hydrogen) atoms. The van der Waals surface area contributed by atoms with Gasteiger partial charge in [-0.15, -0.1) is 0 Å². The quantitative estimate of drug-likeness (QED) is 0.788. The third-order valence-electron chi connectivity index (χ3n) is 2.13. The van der Waals surface area contributed by atoms with E-state index >= 15 is 0 Å². The van der Waals surface area contributed by atoms with Crippen LogP contribution in [0.2, 0.25) is 0 Å². The third-order valence-corrected chi connectivity index (χ3v) is 2.13. The van der Waals surface area contributed by atoms with Crippen LogP contribution in [0, 0.1) is 11.2 Å². The summed E-state index contributed by atoms with van der Waals surface area (Å²) < 4.78 is 12.6. The van der Waals surface area contributed by atoms with Crippen molar-refractivity contribution in [1.29, 1.82) is 0 Å². The van der Waals surface area contributed by atoms with Gasteiger partial charge in [0.25, 0.3) is 0 Å². The average Bonchev–Trinajstić information content (AvgIpc) is 2.25. The maximum Gasteiger partial charge on any atom is 0.225 e. The number of carbonyl (C=O) groups is 1. The first kappa shape index (κ1) is 13.4. The first-order chi connectivity index (χ1) is 7.89. The van der Waals surface area contributed by atoms with Gasteiger partial charge in [0.05, 0.1) is 6.20 Å². The van der Waals surface area contributed by atoms with Crippen LogP contribution < -0.4 is 10.6 Å². The number of hydrogen-bond donors (Lipinski definition) is 2. The molecule has 0 saturated heterocycles. The molecule has 0 spiro atoms. The van der Waals surface area contributed by atoms with Crippen molar-refractivity contribution in [3.63, 3.8) is 0 Å². The van der Waals surface area contributed by atoms with E-state index in [1.165, 1.54) is 6.07 Å². The molecular formula is C12H18FN3O. The Kier molecular flexibility index (Phi) is 4.43. The van der Waals surface area contributed by atoms with Crippen LogP contribution in [0.15, 0.2) is 18.3 Å². The molecule has 94 valence electrons. The van der Waals surface area contributed by atoms with Crippen molar-refractivity contribution in [2.45, 2.75) is 20.8 Å². The van der Waals surface area contributed by atoms with E-state index in [0.717, 1.165) is 6.20 Å². The molecule has 0 aromatic carbocycles. The van der Waals surface area contributed by atoms with Gasteiger partial charge in [0.1, 0.15) is 11.6 Å². The summed E-state index contributed by atoms with van der Waals surface area (Å²) >= 11 is 0. The van der Waals surface area contributed by atoms with E-state index in [0.29, 0.717) is 18.9 Å². The Balaban J connectivity index is 2.25. The first-order valence-electron chi connectivity index (χ1n) is 5.53. The summed E-state index contributed by atoms with van der Waals surface area (Å²) in [5.41, 5.74) is -0.381. The van der Waals surface area contributed by atoms with Gasteiger partial charge >= 0.3 is 0 Å². The Hall–Kier alpha value is -1.65. The standard InChI is InChI=1S/C12H18FN3O/c1-12(2,3)11(17)15-7-6-14-10-5-4-9(13)8-16-10/h4-5,8H,6-7H2,1-3H3,(H,14,16)(H,15,17). The number of aromatic nitrogens is 1. The summed E-state index contributed by atoms with van der Waals surface area (Å²) in [5, 5.41) is 5.79. The summed E-state index contributed by atoms with van der Waals surface area (Å²) in [7, 11) is 0. The minimum Gasteiger partial charge on any atom is -0.368 e. The summed E-state index contributed by atoms with van der Waals surface area (Å²) in [6.07, 6.45) is 1.15. The van der Waals surface area contributed by atoms with Gasteiger partial charge in [-0.2, -0.15) is 0 Å². The molecule has 1 rings (SSSR count). The average molecular weight is 239 g/mol. The molecule has 1 aromatic rings. The fourth-order valence-electron chi connectivity index (χ4n) is 1.11. The van der Waals surface area contributed by atoms with Gasteiger partial charge in [-0.05, 0) is 12.1 Å². The van der Waals surface area contributed by atoms with E-state index in [4.69, 9.17) is 0 Å². The second kappa shape index (κ2) is 5.61. The molecule has 0 aliphatic carbocycles. The Bertz CT molecular complexity index is 370. The second-order valence-electron chi connectivity index (χ2n) is 4.79. The van der Waals surface area contributed by atoms with Gasteiger partial charge in [-0.25, -0.2) is 9.37 Å². The second-order valence-corrected chi connectivity index (χ2v) is 4.79. The Morgan fingerprint density at radius 1 is 1.35 bits per heavy atom. The normalized spacial score (nSPS) is 11.1. The zero-order chi connectivity index (χ0) is 12.9. The van der Waals surface area contributed by atoms with Crippen LogP contribution in [0.25, 0.3) is 0 Å². The van der Waals surface area contributed by atoms with Gasteiger partial charge in [0, 0.05) is 18.5 Å². The van der Waals surface area contributed by atoms with Crippen LogP contribution in [0.5, 0.6) is 0 Å². The van der Waals surface area contributed by atoms with Crippen molar-refractivity contribution < 1.29 is 9.18 Å². The number of hydrogen-bond acceptors (Lipinski definition) is 3. The van der Waals surface area contributed by atoms with Crippen molar-refractivity contribution in [3.8, 4) is 0 Å². The Morgan fingerprint density at radius 2 is 2.06 bits per heavy atom. The minimum atomic E-state index is -0.381. The Morgan fingerprint density at radius 3 is 2.59 bits per heavy atom. The lowest BCUT2D eigenvalue weighted by molar-refractivity contribution is -0.128. The molecule has 0 aliphatic rings. The van der Waals surface area contributed by atoms with Crippen LogP contribution in [-0.4, -0.2) is 24.0 Å². The molecule has 1 aromatic heterocycles. The van der Waals surface area contributed by atoms with Crippen molar-refractivity contribution in [2.24, 2.45) is 5.41 Å². The number of pyridine rings is 1. The number of rotatable bonds is 4. The molecule has 2 N–H and O–H groups in total. The number of anilines is 1. The fraction of sp³-hybridized carbons (Fsp3) is 0.500. The molecule has 0 atom stereocenters. The summed E-state index contributed by atoms with van der Waals surface area (Å²) in [5.74, 6) is 0.236. The van der Waals surface area contributed by atoms with Gasteiger partial charge in [0.2, 0.25) is 5.91 Å². The van der Waals surface area contributed by atoms with Crippen LogP contribution in [-0.2, 0) is 4.79 Å². The largest absolute Gasteiger partial charge is 0.368 e. The molecule has 1 heterocycles. The smallest absolute Gasteiger partial charge is 0.225 e. The molecule has 0 radical (unpaired) electrons. The first-order valence-corrected chi connectivity index (χ1v) is 5.53. The molecule has 0 fully saturated rings. The lowest BCUT2D eigenvalue weighted by Crippen LogP contribution is -2.37. The zero-order valence-corrected chi connectivity index (χ0v) is 10.4. The molecule has 0 bridgehead atoms. The zero-order valence-electron chi connectivity index (χ0n) is 10.4. The summed E-state index contributed by atoms with van der Waals surface area (Å²) in [4.78, 5) is 15.4. The SMILES string of the molecule is CC(C)(C)C(=O)NCCNc1ccc(F)cn1. The predicted molar refractivity (Wildman–Crippen MR) is 65.1 cm³/mol. The van der Waals surface area contributed by atoms with Gasteiger partial charge in [-0.1, -0.05) is 20.8 Å². The highest BCUT2D eigenvalue weighted by Gasteiger charge is 2.19. The number of nitrogens with one attached hydrogen (secondary N) is 2. The molecular weight excluding hydrogens is 221 g/mol. The highest BCUT2D eigenvalue weighted by Crippen LogP contribution is 2.11. The van der Waals surface area contributed by atoms with Gasteiger partial charge in [0.15, 0.2) is 0 Å². The minimum absolute atomic E-state index is 0.00589. The van der Waals surface area contributed by atoms with E-state index in [9.17, 15) is 9.18 Å². The molecule has 0 aliphatic heterocycles. The van der Waals surface area contributed by atoms with E-state index < -0.39 is 0 Å². The summed E-state index contributed by atoms with van der Waals surface area (Å²) in [6, 6.07) is 2.89. The van der Waals surface area contributed by atoms with Crippen LogP contribution in [0.4, 0.5) is 10.2 Å². The predicted octanol–water partition coefficient (Wildman–Crippen LogP) is 1.79. The number of nitrogens with zero attached hydrogens (tertiary/aromatic N) is 1. The summed E-state index contributed by atoms with van der Waals surface area (Å²) in [6.45, 7) is 6.64. The molecule has 5 heteroatoms. The van der Waals surface area contributed by atoms with E-state index in [1.54, 1.807) is 6.07 Å². The van der Waals surface area contributed by atoms with E-state index in [-0.39, 0.29) is 17.1 Å². The third kappa shape index (κ3) is 4.80. The molecule has 4 nitrogen and oxygen atoms in total. The monoisotopic (exact) mass is 239 g/mol. The maximum absolute atomic E-state index is 12.6. The van der Waals surface area contributed by atoms with E-state index in [1.807, 2.05) is 20.8 Å². The van der Waals surface area contributed by atoms with Crippen molar-refractivity contribution in [1.82, 2.24) is 10.3 Å².